The fourth-order valence-corrected chi connectivity index (χ4v) is 2.91. The molecule has 0 saturated carbocycles. The van der Waals surface area contributed by atoms with Crippen LogP contribution in [0, 0.1) is 5.82 Å². The first-order valence-electron chi connectivity index (χ1n) is 7.63. The van der Waals surface area contributed by atoms with Crippen LogP contribution in [0.3, 0.4) is 0 Å². The second-order valence-corrected chi connectivity index (χ2v) is 5.84. The van der Waals surface area contributed by atoms with Gasteiger partial charge in [0, 0.05) is 5.69 Å². The van der Waals surface area contributed by atoms with Gasteiger partial charge in [-0.2, -0.15) is 0 Å². The lowest BCUT2D eigenvalue weighted by atomic mass is 9.96. The van der Waals surface area contributed by atoms with E-state index in [4.69, 9.17) is 0 Å². The van der Waals surface area contributed by atoms with Crippen LogP contribution < -0.4 is 10.6 Å². The molecule has 0 radical (unpaired) electrons. The Labute approximate surface area is 138 Å². The molecule has 1 aliphatic rings. The molecule has 124 valence electrons. The quantitative estimate of drug-likeness (QED) is 0.751. The van der Waals surface area contributed by atoms with E-state index in [1.54, 1.807) is 0 Å². The van der Waals surface area contributed by atoms with Crippen LogP contribution in [0.1, 0.15) is 17.5 Å². The van der Waals surface area contributed by atoms with Gasteiger partial charge < -0.3 is 15.7 Å². The van der Waals surface area contributed by atoms with Gasteiger partial charge in [-0.05, 0) is 42.2 Å². The minimum atomic E-state index is -1.18. The Hall–Kier alpha value is -2.73. The fourth-order valence-electron chi connectivity index (χ4n) is 2.91. The van der Waals surface area contributed by atoms with Gasteiger partial charge >= 0.3 is 11.8 Å². The second kappa shape index (κ2) is 6.41. The molecule has 5 nitrogen and oxygen atoms in total. The number of benzene rings is 2. The van der Waals surface area contributed by atoms with Crippen molar-refractivity contribution in [2.75, 3.05) is 11.9 Å². The van der Waals surface area contributed by atoms with Gasteiger partial charge in [-0.3, -0.25) is 9.59 Å². The molecule has 0 spiro atoms. The van der Waals surface area contributed by atoms with Crippen LogP contribution in [-0.4, -0.2) is 23.5 Å². The number of amides is 2. The molecule has 3 N–H and O–H groups in total. The number of rotatable bonds is 3. The average molecular weight is 328 g/mol. The lowest BCUT2D eigenvalue weighted by Gasteiger charge is -2.24. The molecular formula is C18H17FN2O3. The average Bonchev–Trinajstić information content (AvgIpc) is 2.91. The third-order valence-corrected chi connectivity index (χ3v) is 4.16. The number of aliphatic hydroxyl groups is 1. The molecule has 2 aromatic rings. The highest BCUT2D eigenvalue weighted by atomic mass is 19.1. The van der Waals surface area contributed by atoms with E-state index in [9.17, 15) is 19.1 Å². The number of aryl methyl sites for hydroxylation is 1. The number of hydrogen-bond acceptors (Lipinski definition) is 3. The summed E-state index contributed by atoms with van der Waals surface area (Å²) in [6.07, 6.45) is 1.20. The Bertz CT molecular complexity index is 793. The molecule has 0 bridgehead atoms. The zero-order valence-electron chi connectivity index (χ0n) is 12.9. The first kappa shape index (κ1) is 16.1. The van der Waals surface area contributed by atoms with Crippen molar-refractivity contribution in [2.45, 2.75) is 18.4 Å². The van der Waals surface area contributed by atoms with Crippen molar-refractivity contribution in [3.05, 3.63) is 65.5 Å². The molecule has 2 aromatic carbocycles. The normalized spacial score (nSPS) is 18.8. The van der Waals surface area contributed by atoms with Gasteiger partial charge in [0.25, 0.3) is 0 Å². The maximum Gasteiger partial charge on any atom is 0.313 e. The van der Waals surface area contributed by atoms with Gasteiger partial charge in [0.05, 0.1) is 6.54 Å². The molecule has 3 rings (SSSR count). The van der Waals surface area contributed by atoms with Gasteiger partial charge in [0.2, 0.25) is 0 Å². The van der Waals surface area contributed by atoms with Gasteiger partial charge in [-0.15, -0.1) is 0 Å². The smallest absolute Gasteiger partial charge is 0.313 e. The highest BCUT2D eigenvalue weighted by Crippen LogP contribution is 2.36. The Morgan fingerprint density at radius 2 is 1.92 bits per heavy atom. The third-order valence-electron chi connectivity index (χ3n) is 4.16. The number of halogens is 1. The summed E-state index contributed by atoms with van der Waals surface area (Å²) in [6.45, 7) is -0.0561. The number of anilines is 1. The van der Waals surface area contributed by atoms with E-state index in [0.717, 1.165) is 23.6 Å². The van der Waals surface area contributed by atoms with Crippen LogP contribution in [0.15, 0.2) is 48.5 Å². The van der Waals surface area contributed by atoms with Crippen LogP contribution in [-0.2, 0) is 21.6 Å². The molecule has 0 aliphatic heterocycles. The van der Waals surface area contributed by atoms with Crippen molar-refractivity contribution in [3.8, 4) is 0 Å². The zero-order valence-corrected chi connectivity index (χ0v) is 12.9. The number of fused-ring (bicyclic) bond motifs is 1. The van der Waals surface area contributed by atoms with Crippen LogP contribution in [0.5, 0.6) is 0 Å². The van der Waals surface area contributed by atoms with Crippen molar-refractivity contribution >= 4 is 17.5 Å². The monoisotopic (exact) mass is 328 g/mol. The van der Waals surface area contributed by atoms with Crippen molar-refractivity contribution < 1.29 is 19.1 Å². The van der Waals surface area contributed by atoms with Crippen molar-refractivity contribution in [2.24, 2.45) is 0 Å². The van der Waals surface area contributed by atoms with E-state index in [-0.39, 0.29) is 12.2 Å². The molecule has 0 heterocycles. The molecule has 1 unspecified atom stereocenters. The van der Waals surface area contributed by atoms with E-state index in [2.05, 4.69) is 10.6 Å². The largest absolute Gasteiger partial charge is 0.383 e. The minimum absolute atomic E-state index is 0.0561. The fraction of sp³-hybridized carbons (Fsp3) is 0.222. The lowest BCUT2D eigenvalue weighted by molar-refractivity contribution is -0.136. The molecule has 1 aliphatic carbocycles. The number of nitrogens with one attached hydrogen (secondary N) is 2. The van der Waals surface area contributed by atoms with E-state index in [1.807, 2.05) is 24.3 Å². The van der Waals surface area contributed by atoms with Crippen LogP contribution in [0.25, 0.3) is 0 Å². The summed E-state index contributed by atoms with van der Waals surface area (Å²) in [6, 6.07) is 12.8. The maximum atomic E-state index is 13.1. The van der Waals surface area contributed by atoms with Gasteiger partial charge in [0.15, 0.2) is 0 Å². The molecule has 1 atom stereocenters. The molecular weight excluding hydrogens is 311 g/mol. The van der Waals surface area contributed by atoms with E-state index in [1.165, 1.54) is 18.2 Å². The Morgan fingerprint density at radius 3 is 2.71 bits per heavy atom. The number of carbonyl (C=O) groups excluding carboxylic acids is 2. The summed E-state index contributed by atoms with van der Waals surface area (Å²) in [5.74, 6) is -2.29. The SMILES string of the molecule is O=C(NCC1(O)CCc2ccccc21)C(=O)Nc1cccc(F)c1. The first-order chi connectivity index (χ1) is 11.5. The molecule has 0 aromatic heterocycles. The third kappa shape index (κ3) is 3.28. The summed E-state index contributed by atoms with van der Waals surface area (Å²) >= 11 is 0. The minimum Gasteiger partial charge on any atom is -0.383 e. The first-order valence-corrected chi connectivity index (χ1v) is 7.63. The van der Waals surface area contributed by atoms with Crippen molar-refractivity contribution in [1.29, 1.82) is 0 Å². The highest BCUT2D eigenvalue weighted by Gasteiger charge is 2.37. The van der Waals surface area contributed by atoms with Crippen molar-refractivity contribution in [3.63, 3.8) is 0 Å². The number of carbonyl (C=O) groups is 2. The molecule has 0 fully saturated rings. The molecule has 0 saturated heterocycles. The molecule has 6 heteroatoms. The summed E-state index contributed by atoms with van der Waals surface area (Å²) in [5, 5.41) is 15.5. The van der Waals surface area contributed by atoms with Crippen LogP contribution in [0.4, 0.5) is 10.1 Å². The van der Waals surface area contributed by atoms with Crippen LogP contribution in [0.2, 0.25) is 0 Å². The highest BCUT2D eigenvalue weighted by molar-refractivity contribution is 6.39. The van der Waals surface area contributed by atoms with E-state index in [0.29, 0.717) is 6.42 Å². The Balaban J connectivity index is 1.60. The Kier molecular flexibility index (Phi) is 4.31. The van der Waals surface area contributed by atoms with Gasteiger partial charge in [0.1, 0.15) is 11.4 Å². The van der Waals surface area contributed by atoms with Gasteiger partial charge in [-0.1, -0.05) is 30.3 Å². The maximum absolute atomic E-state index is 13.1. The topological polar surface area (TPSA) is 78.4 Å². The standard InChI is InChI=1S/C18H17FN2O3/c19-13-5-3-6-14(10-13)21-17(23)16(22)20-11-18(24)9-8-12-4-1-2-7-15(12)18/h1-7,10,24H,8-9,11H2,(H,20,22)(H,21,23). The summed E-state index contributed by atoms with van der Waals surface area (Å²) in [7, 11) is 0. The van der Waals surface area contributed by atoms with Gasteiger partial charge in [-0.25, -0.2) is 4.39 Å². The van der Waals surface area contributed by atoms with Crippen molar-refractivity contribution in [1.82, 2.24) is 5.32 Å². The van der Waals surface area contributed by atoms with Crippen LogP contribution >= 0.6 is 0 Å². The van der Waals surface area contributed by atoms with E-state index >= 15 is 0 Å². The predicted octanol–water partition coefficient (Wildman–Crippen LogP) is 1.71. The summed E-state index contributed by atoms with van der Waals surface area (Å²) in [4.78, 5) is 23.8. The Morgan fingerprint density at radius 1 is 1.12 bits per heavy atom. The molecule has 2 amide bonds. The summed E-state index contributed by atoms with van der Waals surface area (Å²) in [5.41, 5.74) is 0.833. The molecule has 24 heavy (non-hydrogen) atoms. The zero-order chi connectivity index (χ0) is 17.2. The predicted molar refractivity (Wildman–Crippen MR) is 86.7 cm³/mol. The lowest BCUT2D eigenvalue weighted by Crippen LogP contribution is -2.43. The second-order valence-electron chi connectivity index (χ2n) is 5.84. The number of hydrogen-bond donors (Lipinski definition) is 3. The van der Waals surface area contributed by atoms with E-state index < -0.39 is 23.2 Å². The summed E-state index contributed by atoms with van der Waals surface area (Å²) < 4.78 is 13.1.